The minimum absolute atomic E-state index is 0.549. The van der Waals surface area contributed by atoms with Gasteiger partial charge in [-0.25, -0.2) is 0 Å². The third-order valence-corrected chi connectivity index (χ3v) is 16.8. The Hall–Kier alpha value is -9.28. The average Bonchev–Trinajstić information content (AvgIpc) is 4.17. The normalized spacial score (nSPS) is 12.7. The molecule has 2 nitrogen and oxygen atoms in total. The Morgan fingerprint density at radius 1 is 0.338 bits per heavy atom. The molecule has 74 heavy (non-hydrogen) atoms. The highest BCUT2D eigenvalue weighted by atomic mass is 32.1. The summed E-state index contributed by atoms with van der Waals surface area (Å²) in [6, 6.07) is 103. The lowest BCUT2D eigenvalue weighted by atomic mass is 9.67. The second kappa shape index (κ2) is 16.9. The van der Waals surface area contributed by atoms with E-state index in [4.69, 9.17) is 0 Å². The number of aromatic nitrogens is 1. The largest absolute Gasteiger partial charge is 0.310 e. The fourth-order valence-corrected chi connectivity index (χ4v) is 13.7. The molecule has 0 saturated carbocycles. The van der Waals surface area contributed by atoms with E-state index in [1.165, 1.54) is 103 Å². The summed E-state index contributed by atoms with van der Waals surface area (Å²) in [5.74, 6) is 0. The third-order valence-electron chi connectivity index (χ3n) is 15.6. The molecule has 0 saturated heterocycles. The van der Waals surface area contributed by atoms with Crippen molar-refractivity contribution in [3.05, 3.63) is 301 Å². The van der Waals surface area contributed by atoms with Crippen LogP contribution in [0.4, 0.5) is 17.1 Å². The fraction of sp³-hybridized carbons (Fsp3) is 0.0141. The summed E-state index contributed by atoms with van der Waals surface area (Å²) in [5.41, 5.74) is 18.6. The minimum atomic E-state index is -0.549. The minimum Gasteiger partial charge on any atom is -0.310 e. The van der Waals surface area contributed by atoms with Gasteiger partial charge in [0.25, 0.3) is 0 Å². The highest BCUT2D eigenvalue weighted by Crippen LogP contribution is 2.58. The van der Waals surface area contributed by atoms with E-state index >= 15 is 0 Å². The molecular formula is C71H46N2S. The monoisotopic (exact) mass is 958 g/mol. The Morgan fingerprint density at radius 3 is 1.57 bits per heavy atom. The molecule has 3 heteroatoms. The van der Waals surface area contributed by atoms with Gasteiger partial charge in [-0.3, -0.25) is 0 Å². The first-order valence-corrected chi connectivity index (χ1v) is 26.3. The predicted molar refractivity (Wildman–Crippen MR) is 314 cm³/mol. The van der Waals surface area contributed by atoms with E-state index in [1.807, 2.05) is 11.3 Å². The van der Waals surface area contributed by atoms with Crippen LogP contribution in [0.3, 0.4) is 0 Å². The second-order valence-corrected chi connectivity index (χ2v) is 20.6. The molecule has 0 fully saturated rings. The standard InChI is InChI=1S/C71H46N2S/c1-6-20-47(21-7-1)49-34-37-54(38-35-49)72(55-39-41-58-57-30-18-19-33-63(57)71(64(58)45-55,51-24-10-3-11-25-51)52-26-12-4-13-27-52)56-40-42-61-65(46-56)73(53-28-14-5-15-29-53)69-59-31-16-17-32-60(59)70-68(67(61)69)62-44-50(36-43-66(62)74-70)48-22-8-2-9-23-48/h1-46H. The van der Waals surface area contributed by atoms with Crippen molar-refractivity contribution < 1.29 is 0 Å². The highest BCUT2D eigenvalue weighted by Gasteiger charge is 2.46. The topological polar surface area (TPSA) is 8.17 Å². The van der Waals surface area contributed by atoms with Gasteiger partial charge in [-0.1, -0.05) is 218 Å². The first kappa shape index (κ1) is 42.4. The lowest BCUT2D eigenvalue weighted by Gasteiger charge is -2.35. The number of hydrogen-bond donors (Lipinski definition) is 0. The molecule has 15 rings (SSSR count). The lowest BCUT2D eigenvalue weighted by Crippen LogP contribution is -2.28. The zero-order chi connectivity index (χ0) is 48.7. The SMILES string of the molecule is c1ccc(-c2ccc(N(c3ccc4c(c3)C(c3ccccc3)(c3ccccc3)c3ccccc3-4)c3ccc4c5c6c7cc(-c8ccccc8)ccc7sc6c6ccccc6c5n(-c5ccccc5)c4c3)cc2)cc1. The molecule has 14 aromatic rings. The highest BCUT2D eigenvalue weighted by molar-refractivity contribution is 7.27. The number of hydrogen-bond acceptors (Lipinski definition) is 2. The van der Waals surface area contributed by atoms with Crippen LogP contribution in [0.25, 0.3) is 91.8 Å². The molecule has 0 unspecified atom stereocenters. The Balaban J connectivity index is 1.03. The van der Waals surface area contributed by atoms with Gasteiger partial charge in [0.05, 0.1) is 16.4 Å². The third kappa shape index (κ3) is 6.37. The molecule has 2 aromatic heterocycles. The van der Waals surface area contributed by atoms with Crippen molar-refractivity contribution in [3.63, 3.8) is 0 Å². The molecule has 0 amide bonds. The molecule has 12 aromatic carbocycles. The first-order valence-electron chi connectivity index (χ1n) is 25.5. The van der Waals surface area contributed by atoms with Gasteiger partial charge < -0.3 is 9.47 Å². The van der Waals surface area contributed by atoms with Crippen LogP contribution in [0.15, 0.2) is 279 Å². The van der Waals surface area contributed by atoms with Crippen molar-refractivity contribution >= 4 is 81.1 Å². The zero-order valence-corrected chi connectivity index (χ0v) is 41.2. The number of fused-ring (bicyclic) bond motifs is 13. The maximum absolute atomic E-state index is 2.53. The van der Waals surface area contributed by atoms with Crippen molar-refractivity contribution in [2.45, 2.75) is 5.41 Å². The molecule has 0 radical (unpaired) electrons. The quantitative estimate of drug-likeness (QED) is 0.147. The molecule has 0 atom stereocenters. The van der Waals surface area contributed by atoms with Crippen molar-refractivity contribution in [2.75, 3.05) is 4.90 Å². The number of rotatable bonds is 8. The lowest BCUT2D eigenvalue weighted by molar-refractivity contribution is 0.768. The molecule has 0 aliphatic heterocycles. The summed E-state index contributed by atoms with van der Waals surface area (Å²) in [6.07, 6.45) is 0. The van der Waals surface area contributed by atoms with Crippen LogP contribution in [0.5, 0.6) is 0 Å². The average molecular weight is 959 g/mol. The maximum Gasteiger partial charge on any atom is 0.0714 e. The number of para-hydroxylation sites is 1. The van der Waals surface area contributed by atoms with Crippen LogP contribution in [0, 0.1) is 0 Å². The Morgan fingerprint density at radius 2 is 0.865 bits per heavy atom. The summed E-state index contributed by atoms with van der Waals surface area (Å²) >= 11 is 1.91. The van der Waals surface area contributed by atoms with Crippen LogP contribution < -0.4 is 4.90 Å². The van der Waals surface area contributed by atoms with Gasteiger partial charge in [0.2, 0.25) is 0 Å². The van der Waals surface area contributed by atoms with E-state index in [-0.39, 0.29) is 0 Å². The fourth-order valence-electron chi connectivity index (χ4n) is 12.5. The molecule has 0 N–H and O–H groups in total. The molecular weight excluding hydrogens is 913 g/mol. The van der Waals surface area contributed by atoms with Gasteiger partial charge in [-0.05, 0) is 116 Å². The van der Waals surface area contributed by atoms with Gasteiger partial charge in [-0.15, -0.1) is 11.3 Å². The second-order valence-electron chi connectivity index (χ2n) is 19.5. The number of benzene rings is 12. The zero-order valence-electron chi connectivity index (χ0n) is 40.4. The van der Waals surface area contributed by atoms with Crippen LogP contribution in [0.2, 0.25) is 0 Å². The molecule has 1 aliphatic rings. The molecule has 0 spiro atoms. The van der Waals surface area contributed by atoms with Crippen LogP contribution in [-0.2, 0) is 5.41 Å². The van der Waals surface area contributed by atoms with Gasteiger partial charge in [-0.2, -0.15) is 0 Å². The van der Waals surface area contributed by atoms with Gasteiger partial charge in [0, 0.05) is 64.5 Å². The first-order chi connectivity index (χ1) is 36.7. The molecule has 346 valence electrons. The van der Waals surface area contributed by atoms with Crippen LogP contribution in [0.1, 0.15) is 22.3 Å². The summed E-state index contributed by atoms with van der Waals surface area (Å²) in [5, 5.41) is 7.63. The van der Waals surface area contributed by atoms with E-state index in [2.05, 4.69) is 289 Å². The van der Waals surface area contributed by atoms with Crippen LogP contribution >= 0.6 is 11.3 Å². The van der Waals surface area contributed by atoms with E-state index in [0.717, 1.165) is 28.3 Å². The van der Waals surface area contributed by atoms with Crippen LogP contribution in [-0.4, -0.2) is 4.57 Å². The van der Waals surface area contributed by atoms with Crippen molar-refractivity contribution in [1.29, 1.82) is 0 Å². The molecule has 1 aliphatic carbocycles. The molecule has 0 bridgehead atoms. The summed E-state index contributed by atoms with van der Waals surface area (Å²) < 4.78 is 5.15. The van der Waals surface area contributed by atoms with Crippen molar-refractivity contribution in [2.24, 2.45) is 0 Å². The predicted octanol–water partition coefficient (Wildman–Crippen LogP) is 19.5. The Labute approximate surface area is 433 Å². The Kier molecular flexibility index (Phi) is 9.70. The van der Waals surface area contributed by atoms with Gasteiger partial charge in [0.1, 0.15) is 0 Å². The van der Waals surface area contributed by atoms with Crippen molar-refractivity contribution in [1.82, 2.24) is 4.57 Å². The number of anilines is 3. The smallest absolute Gasteiger partial charge is 0.0714 e. The van der Waals surface area contributed by atoms with E-state index in [9.17, 15) is 0 Å². The van der Waals surface area contributed by atoms with E-state index in [0.29, 0.717) is 0 Å². The van der Waals surface area contributed by atoms with Gasteiger partial charge in [0.15, 0.2) is 0 Å². The maximum atomic E-state index is 2.53. The number of thiophene rings is 1. The van der Waals surface area contributed by atoms with E-state index in [1.54, 1.807) is 0 Å². The summed E-state index contributed by atoms with van der Waals surface area (Å²) in [4.78, 5) is 2.48. The van der Waals surface area contributed by atoms with E-state index < -0.39 is 5.41 Å². The summed E-state index contributed by atoms with van der Waals surface area (Å²) in [7, 11) is 0. The van der Waals surface area contributed by atoms with Crippen molar-refractivity contribution in [3.8, 4) is 39.1 Å². The Bertz CT molecular complexity index is 4410. The van der Waals surface area contributed by atoms with Gasteiger partial charge >= 0.3 is 0 Å². The molecule has 2 heterocycles. The summed E-state index contributed by atoms with van der Waals surface area (Å²) in [6.45, 7) is 0. The number of nitrogens with zero attached hydrogens (tertiary/aromatic N) is 2.